The van der Waals surface area contributed by atoms with E-state index in [1.165, 1.54) is 7.11 Å². The van der Waals surface area contributed by atoms with E-state index < -0.39 is 0 Å². The summed E-state index contributed by atoms with van der Waals surface area (Å²) in [7, 11) is 1.54. The number of methoxy groups -OCH3 is 1. The monoisotopic (exact) mass is 361 g/mol. The van der Waals surface area contributed by atoms with Crippen LogP contribution in [0.3, 0.4) is 0 Å². The summed E-state index contributed by atoms with van der Waals surface area (Å²) in [5, 5.41) is 5.57. The van der Waals surface area contributed by atoms with Crippen LogP contribution in [-0.4, -0.2) is 18.9 Å². The molecule has 0 saturated heterocycles. The highest BCUT2D eigenvalue weighted by atomic mass is 16.5. The first kappa shape index (κ1) is 18.0. The molecular formula is C21H19N3O3. The Hall–Kier alpha value is -3.80. The minimum absolute atomic E-state index is 0.301. The SMILES string of the molecule is COc1ccccc1NC(=O)c1cccc(NC(=O)c2cccc(N)c2)c1. The number of hydrogen-bond donors (Lipinski definition) is 3. The zero-order valence-corrected chi connectivity index (χ0v) is 14.7. The van der Waals surface area contributed by atoms with Crippen LogP contribution in [0.2, 0.25) is 0 Å². The lowest BCUT2D eigenvalue weighted by atomic mass is 10.1. The molecule has 0 aromatic heterocycles. The average molecular weight is 361 g/mol. The summed E-state index contributed by atoms with van der Waals surface area (Å²) in [4.78, 5) is 24.9. The van der Waals surface area contributed by atoms with Crippen molar-refractivity contribution in [2.45, 2.75) is 0 Å². The number of nitrogens with one attached hydrogen (secondary N) is 2. The van der Waals surface area contributed by atoms with Crippen molar-refractivity contribution in [3.63, 3.8) is 0 Å². The molecule has 136 valence electrons. The maximum Gasteiger partial charge on any atom is 0.255 e. The topological polar surface area (TPSA) is 93.5 Å². The second kappa shape index (κ2) is 8.05. The minimum atomic E-state index is -0.306. The fraction of sp³-hybridized carbons (Fsp3) is 0.0476. The van der Waals surface area contributed by atoms with E-state index in [0.717, 1.165) is 0 Å². The lowest BCUT2D eigenvalue weighted by molar-refractivity contribution is 0.101. The highest BCUT2D eigenvalue weighted by molar-refractivity contribution is 6.08. The first-order valence-corrected chi connectivity index (χ1v) is 8.28. The number of amides is 2. The summed E-state index contributed by atoms with van der Waals surface area (Å²) in [6.07, 6.45) is 0. The molecule has 0 aliphatic heterocycles. The summed E-state index contributed by atoms with van der Waals surface area (Å²) in [6.45, 7) is 0. The number of nitrogens with two attached hydrogens (primary N) is 1. The van der Waals surface area contributed by atoms with Gasteiger partial charge in [0.2, 0.25) is 0 Å². The number of nitrogen functional groups attached to an aromatic ring is 1. The first-order chi connectivity index (χ1) is 13.1. The van der Waals surface area contributed by atoms with E-state index in [0.29, 0.717) is 33.9 Å². The van der Waals surface area contributed by atoms with Crippen LogP contribution in [-0.2, 0) is 0 Å². The molecular weight excluding hydrogens is 342 g/mol. The Kier molecular flexibility index (Phi) is 5.37. The highest BCUT2D eigenvalue weighted by Gasteiger charge is 2.11. The van der Waals surface area contributed by atoms with Gasteiger partial charge in [0.15, 0.2) is 0 Å². The molecule has 27 heavy (non-hydrogen) atoms. The third-order valence-corrected chi connectivity index (χ3v) is 3.89. The fourth-order valence-corrected chi connectivity index (χ4v) is 2.56. The predicted molar refractivity (Wildman–Crippen MR) is 106 cm³/mol. The Morgan fingerprint density at radius 1 is 0.815 bits per heavy atom. The lowest BCUT2D eigenvalue weighted by Crippen LogP contribution is -2.15. The van der Waals surface area contributed by atoms with E-state index in [-0.39, 0.29) is 11.8 Å². The van der Waals surface area contributed by atoms with Crippen molar-refractivity contribution in [3.8, 4) is 5.75 Å². The van der Waals surface area contributed by atoms with Crippen molar-refractivity contribution in [2.75, 3.05) is 23.5 Å². The number of hydrogen-bond acceptors (Lipinski definition) is 4. The minimum Gasteiger partial charge on any atom is -0.495 e. The molecule has 0 heterocycles. The quantitative estimate of drug-likeness (QED) is 0.603. The number of anilines is 3. The molecule has 6 nitrogen and oxygen atoms in total. The van der Waals surface area contributed by atoms with Gasteiger partial charge in [0.25, 0.3) is 11.8 Å². The Balaban J connectivity index is 1.75. The molecule has 0 spiro atoms. The number of rotatable bonds is 5. The van der Waals surface area contributed by atoms with Crippen LogP contribution in [0.25, 0.3) is 0 Å². The van der Waals surface area contributed by atoms with Gasteiger partial charge >= 0.3 is 0 Å². The van der Waals surface area contributed by atoms with E-state index in [2.05, 4.69) is 10.6 Å². The number of ether oxygens (including phenoxy) is 1. The van der Waals surface area contributed by atoms with Crippen LogP contribution < -0.4 is 21.1 Å². The zero-order chi connectivity index (χ0) is 19.2. The smallest absolute Gasteiger partial charge is 0.255 e. The van der Waals surface area contributed by atoms with Crippen molar-refractivity contribution in [3.05, 3.63) is 83.9 Å². The van der Waals surface area contributed by atoms with Gasteiger partial charge in [-0.2, -0.15) is 0 Å². The van der Waals surface area contributed by atoms with Gasteiger partial charge in [0, 0.05) is 22.5 Å². The summed E-state index contributed by atoms with van der Waals surface area (Å²) >= 11 is 0. The van der Waals surface area contributed by atoms with Gasteiger partial charge in [-0.3, -0.25) is 9.59 Å². The number of benzene rings is 3. The Labute approximate surface area is 157 Å². The normalized spacial score (nSPS) is 10.1. The van der Waals surface area contributed by atoms with E-state index in [4.69, 9.17) is 10.5 Å². The molecule has 4 N–H and O–H groups in total. The molecule has 3 rings (SSSR count). The van der Waals surface area contributed by atoms with Crippen molar-refractivity contribution >= 4 is 28.9 Å². The molecule has 0 saturated carbocycles. The molecule has 0 aliphatic rings. The van der Waals surface area contributed by atoms with Gasteiger partial charge in [-0.25, -0.2) is 0 Å². The van der Waals surface area contributed by atoms with Gasteiger partial charge in [-0.15, -0.1) is 0 Å². The molecule has 2 amide bonds. The third-order valence-electron chi connectivity index (χ3n) is 3.89. The largest absolute Gasteiger partial charge is 0.495 e. The van der Waals surface area contributed by atoms with Gasteiger partial charge in [-0.1, -0.05) is 24.3 Å². The molecule has 6 heteroatoms. The molecule has 0 atom stereocenters. The predicted octanol–water partition coefficient (Wildman–Crippen LogP) is 3.78. The van der Waals surface area contributed by atoms with Crippen molar-refractivity contribution in [1.82, 2.24) is 0 Å². The number of carbonyl (C=O) groups excluding carboxylic acids is 2. The molecule has 0 unspecified atom stereocenters. The van der Waals surface area contributed by atoms with Crippen LogP contribution in [0.4, 0.5) is 17.1 Å². The zero-order valence-electron chi connectivity index (χ0n) is 14.7. The van der Waals surface area contributed by atoms with E-state index in [1.54, 1.807) is 66.7 Å². The fourth-order valence-electron chi connectivity index (χ4n) is 2.56. The van der Waals surface area contributed by atoms with Crippen molar-refractivity contribution in [2.24, 2.45) is 0 Å². The Morgan fingerprint density at radius 2 is 1.48 bits per heavy atom. The average Bonchev–Trinajstić information content (AvgIpc) is 2.68. The standard InChI is InChI=1S/C21H19N3O3/c1-27-19-11-3-2-10-18(19)24-21(26)15-7-5-9-17(13-15)23-20(25)14-6-4-8-16(22)12-14/h2-13H,22H2,1H3,(H,23,25)(H,24,26). The number of para-hydroxylation sites is 2. The second-order valence-electron chi connectivity index (χ2n) is 5.81. The van der Waals surface area contributed by atoms with Gasteiger partial charge in [0.1, 0.15) is 5.75 Å². The molecule has 0 radical (unpaired) electrons. The van der Waals surface area contributed by atoms with Crippen molar-refractivity contribution in [1.29, 1.82) is 0 Å². The van der Waals surface area contributed by atoms with Crippen LogP contribution in [0, 0.1) is 0 Å². The molecule has 0 fully saturated rings. The van der Waals surface area contributed by atoms with E-state index in [9.17, 15) is 9.59 Å². The van der Waals surface area contributed by atoms with Crippen LogP contribution >= 0.6 is 0 Å². The Morgan fingerprint density at radius 3 is 2.22 bits per heavy atom. The Bertz CT molecular complexity index is 986. The molecule has 0 bridgehead atoms. The first-order valence-electron chi connectivity index (χ1n) is 8.28. The summed E-state index contributed by atoms with van der Waals surface area (Å²) in [5.41, 5.74) is 8.14. The van der Waals surface area contributed by atoms with E-state index in [1.807, 2.05) is 6.07 Å². The van der Waals surface area contributed by atoms with Gasteiger partial charge < -0.3 is 21.1 Å². The second-order valence-corrected chi connectivity index (χ2v) is 5.81. The summed E-state index contributed by atoms with van der Waals surface area (Å²) in [5.74, 6) is -0.0406. The summed E-state index contributed by atoms with van der Waals surface area (Å²) in [6, 6.07) is 20.5. The number of carbonyl (C=O) groups is 2. The maximum atomic E-state index is 12.5. The third kappa shape index (κ3) is 4.43. The van der Waals surface area contributed by atoms with Crippen LogP contribution in [0.1, 0.15) is 20.7 Å². The van der Waals surface area contributed by atoms with Gasteiger partial charge in [-0.05, 0) is 48.5 Å². The molecule has 3 aromatic carbocycles. The van der Waals surface area contributed by atoms with Crippen molar-refractivity contribution < 1.29 is 14.3 Å². The van der Waals surface area contributed by atoms with E-state index >= 15 is 0 Å². The highest BCUT2D eigenvalue weighted by Crippen LogP contribution is 2.24. The summed E-state index contributed by atoms with van der Waals surface area (Å²) < 4.78 is 5.24. The molecule has 3 aromatic rings. The van der Waals surface area contributed by atoms with Crippen LogP contribution in [0.5, 0.6) is 5.75 Å². The van der Waals surface area contributed by atoms with Gasteiger partial charge in [0.05, 0.1) is 12.8 Å². The molecule has 0 aliphatic carbocycles. The van der Waals surface area contributed by atoms with Crippen LogP contribution in [0.15, 0.2) is 72.8 Å². The maximum absolute atomic E-state index is 12.5. The lowest BCUT2D eigenvalue weighted by Gasteiger charge is -2.11.